The lowest BCUT2D eigenvalue weighted by atomic mass is 10.1. The van der Waals surface area contributed by atoms with Gasteiger partial charge in [-0.3, -0.25) is 9.59 Å². The van der Waals surface area contributed by atoms with Crippen LogP contribution in [-0.2, 0) is 7.05 Å². The third kappa shape index (κ3) is 2.99. The van der Waals surface area contributed by atoms with Gasteiger partial charge >= 0.3 is 0 Å². The summed E-state index contributed by atoms with van der Waals surface area (Å²) in [7, 11) is 1.98. The van der Waals surface area contributed by atoms with E-state index in [1.165, 1.54) is 16.8 Å². The molecule has 3 aromatic carbocycles. The molecular formula is C28H18ClNO3. The van der Waals surface area contributed by atoms with E-state index in [0.717, 1.165) is 22.3 Å². The Balaban J connectivity index is 1.40. The molecule has 0 atom stereocenters. The van der Waals surface area contributed by atoms with Crippen molar-refractivity contribution < 1.29 is 14.0 Å². The van der Waals surface area contributed by atoms with Crippen LogP contribution in [0.3, 0.4) is 0 Å². The van der Waals surface area contributed by atoms with E-state index in [9.17, 15) is 9.59 Å². The number of rotatable bonds is 2. The van der Waals surface area contributed by atoms with Crippen molar-refractivity contribution in [3.05, 3.63) is 99.8 Å². The molecule has 33 heavy (non-hydrogen) atoms. The third-order valence-corrected chi connectivity index (χ3v) is 6.77. The van der Waals surface area contributed by atoms with Gasteiger partial charge in [0.2, 0.25) is 0 Å². The number of furan rings is 1. The molecular weight excluding hydrogens is 434 g/mol. The van der Waals surface area contributed by atoms with Crippen molar-refractivity contribution in [3.8, 4) is 11.3 Å². The van der Waals surface area contributed by atoms with Crippen LogP contribution < -0.4 is 0 Å². The average molecular weight is 452 g/mol. The van der Waals surface area contributed by atoms with Crippen LogP contribution in [0.4, 0.5) is 0 Å². The lowest BCUT2D eigenvalue weighted by molar-refractivity contribution is 0.0990. The third-order valence-electron chi connectivity index (χ3n) is 6.36. The fourth-order valence-corrected chi connectivity index (χ4v) is 4.72. The molecule has 160 valence electrons. The van der Waals surface area contributed by atoms with Gasteiger partial charge in [0, 0.05) is 35.3 Å². The number of fused-ring (bicyclic) bond motifs is 3. The minimum atomic E-state index is -0.325. The summed E-state index contributed by atoms with van der Waals surface area (Å²) in [6, 6.07) is 21.7. The Hall–Kier alpha value is -3.89. The Morgan fingerprint density at radius 1 is 0.879 bits per heavy atom. The minimum absolute atomic E-state index is 0.0977. The predicted molar refractivity (Wildman–Crippen MR) is 131 cm³/mol. The number of ketones is 2. The summed E-state index contributed by atoms with van der Waals surface area (Å²) in [6.45, 7) is 1.81. The van der Waals surface area contributed by atoms with Crippen molar-refractivity contribution in [1.82, 2.24) is 4.57 Å². The highest BCUT2D eigenvalue weighted by Crippen LogP contribution is 2.35. The molecule has 0 radical (unpaired) electrons. The van der Waals surface area contributed by atoms with Gasteiger partial charge in [-0.15, -0.1) is 0 Å². The molecule has 2 aromatic heterocycles. The molecule has 5 aromatic rings. The number of Topliss-reactive ketones (excluding diaryl/α,β-unsaturated/α-hetero) is 2. The van der Waals surface area contributed by atoms with Gasteiger partial charge in [-0.1, -0.05) is 48.0 Å². The van der Waals surface area contributed by atoms with Gasteiger partial charge < -0.3 is 8.98 Å². The molecule has 6 rings (SSSR count). The Morgan fingerprint density at radius 2 is 1.61 bits per heavy atom. The van der Waals surface area contributed by atoms with E-state index in [-0.39, 0.29) is 17.1 Å². The van der Waals surface area contributed by atoms with Crippen LogP contribution in [0.15, 0.2) is 76.7 Å². The van der Waals surface area contributed by atoms with Crippen molar-refractivity contribution in [1.29, 1.82) is 0 Å². The first-order valence-electron chi connectivity index (χ1n) is 10.6. The van der Waals surface area contributed by atoms with Gasteiger partial charge in [-0.05, 0) is 53.1 Å². The van der Waals surface area contributed by atoms with E-state index in [1.54, 1.807) is 12.1 Å². The zero-order valence-corrected chi connectivity index (χ0v) is 18.7. The second kappa shape index (κ2) is 7.06. The van der Waals surface area contributed by atoms with Crippen molar-refractivity contribution >= 4 is 51.1 Å². The number of aryl methyl sites for hydroxylation is 2. The molecule has 0 unspecified atom stereocenters. The molecule has 0 saturated carbocycles. The average Bonchev–Trinajstić information content (AvgIpc) is 3.42. The fourth-order valence-electron chi connectivity index (χ4n) is 4.55. The highest BCUT2D eigenvalue weighted by molar-refractivity contribution is 6.42. The number of allylic oxidation sites excluding steroid dienone is 1. The van der Waals surface area contributed by atoms with E-state index in [4.69, 9.17) is 16.0 Å². The molecule has 0 amide bonds. The second-order valence-electron chi connectivity index (χ2n) is 8.41. The number of carbonyl (C=O) groups is 2. The molecule has 0 aliphatic heterocycles. The molecule has 1 aliphatic rings. The first kappa shape index (κ1) is 19.8. The van der Waals surface area contributed by atoms with Crippen LogP contribution in [0.1, 0.15) is 32.0 Å². The van der Waals surface area contributed by atoms with E-state index >= 15 is 0 Å². The molecule has 0 bridgehead atoms. The van der Waals surface area contributed by atoms with E-state index in [2.05, 4.69) is 34.9 Å². The molecule has 2 heterocycles. The van der Waals surface area contributed by atoms with Crippen LogP contribution in [0.25, 0.3) is 39.2 Å². The van der Waals surface area contributed by atoms with E-state index < -0.39 is 0 Å². The van der Waals surface area contributed by atoms with Crippen molar-refractivity contribution in [2.45, 2.75) is 6.92 Å². The van der Waals surface area contributed by atoms with Gasteiger partial charge in [0.05, 0.1) is 16.8 Å². The largest absolute Gasteiger partial charge is 0.455 e. The molecule has 4 nitrogen and oxygen atoms in total. The lowest BCUT2D eigenvalue weighted by Crippen LogP contribution is -1.99. The number of aromatic nitrogens is 1. The summed E-state index contributed by atoms with van der Waals surface area (Å²) < 4.78 is 8.07. The van der Waals surface area contributed by atoms with Gasteiger partial charge in [0.25, 0.3) is 0 Å². The normalized spacial score (nSPS) is 14.7. The summed E-state index contributed by atoms with van der Waals surface area (Å²) in [5, 5.41) is 2.84. The van der Waals surface area contributed by atoms with Crippen molar-refractivity contribution in [2.24, 2.45) is 7.05 Å². The van der Waals surface area contributed by atoms with Crippen molar-refractivity contribution in [3.63, 3.8) is 0 Å². The standard InChI is InChI=1S/C28H18ClNO3/c1-15-9-20-21(13-23(15)29)28(32)22(27(20)31)11-19-12-25-26(33-19)14-24(30(25)2)18-8-7-16-5-3-4-6-17(16)10-18/h3-14H,1-2H3/b22-11+. The minimum Gasteiger partial charge on any atom is -0.455 e. The van der Waals surface area contributed by atoms with E-state index in [0.29, 0.717) is 27.5 Å². The molecule has 1 aliphatic carbocycles. The Labute approximate surface area is 194 Å². The topological polar surface area (TPSA) is 52.2 Å². The Bertz CT molecular complexity index is 1640. The molecule has 0 N–H and O–H groups in total. The van der Waals surface area contributed by atoms with Crippen LogP contribution in [0.2, 0.25) is 5.02 Å². The van der Waals surface area contributed by atoms with Crippen LogP contribution in [-0.4, -0.2) is 16.1 Å². The van der Waals surface area contributed by atoms with Gasteiger partial charge in [0.15, 0.2) is 17.1 Å². The number of carbonyl (C=O) groups excluding carboxylic acids is 2. The van der Waals surface area contributed by atoms with Gasteiger partial charge in [-0.2, -0.15) is 0 Å². The molecule has 5 heteroatoms. The molecule has 0 spiro atoms. The van der Waals surface area contributed by atoms with E-state index in [1.807, 2.05) is 38.2 Å². The maximum absolute atomic E-state index is 12.9. The maximum Gasteiger partial charge on any atom is 0.197 e. The van der Waals surface area contributed by atoms with Crippen LogP contribution >= 0.6 is 11.6 Å². The second-order valence-corrected chi connectivity index (χ2v) is 8.82. The van der Waals surface area contributed by atoms with Crippen molar-refractivity contribution in [2.75, 3.05) is 0 Å². The smallest absolute Gasteiger partial charge is 0.197 e. The molecule has 0 fully saturated rings. The molecule has 0 saturated heterocycles. The summed E-state index contributed by atoms with van der Waals surface area (Å²) >= 11 is 6.16. The SMILES string of the molecule is Cc1cc2c(cc1Cl)C(=O)/C(=C/c1cc3c(cc(-c4ccc5ccccc5c4)n3C)o1)C2=O. The summed E-state index contributed by atoms with van der Waals surface area (Å²) in [6.07, 6.45) is 1.53. The first-order valence-corrected chi connectivity index (χ1v) is 11.0. The number of nitrogens with zero attached hydrogens (tertiary/aromatic N) is 1. The highest BCUT2D eigenvalue weighted by Gasteiger charge is 2.34. The fraction of sp³-hybridized carbons (Fsp3) is 0.0714. The summed E-state index contributed by atoms with van der Waals surface area (Å²) in [5.74, 6) is -0.158. The number of hydrogen-bond donors (Lipinski definition) is 0. The highest BCUT2D eigenvalue weighted by atomic mass is 35.5. The zero-order valence-electron chi connectivity index (χ0n) is 18.0. The number of hydrogen-bond acceptors (Lipinski definition) is 3. The summed E-state index contributed by atoms with van der Waals surface area (Å²) in [4.78, 5) is 25.7. The first-order chi connectivity index (χ1) is 15.9. The van der Waals surface area contributed by atoms with Crippen LogP contribution in [0, 0.1) is 6.92 Å². The summed E-state index contributed by atoms with van der Waals surface area (Å²) in [5.41, 5.74) is 5.30. The maximum atomic E-state index is 12.9. The van der Waals surface area contributed by atoms with Gasteiger partial charge in [-0.25, -0.2) is 0 Å². The van der Waals surface area contributed by atoms with Crippen LogP contribution in [0.5, 0.6) is 0 Å². The number of halogens is 1. The zero-order chi connectivity index (χ0) is 22.9. The van der Waals surface area contributed by atoms with Gasteiger partial charge in [0.1, 0.15) is 5.76 Å². The Morgan fingerprint density at radius 3 is 2.36 bits per heavy atom. The quantitative estimate of drug-likeness (QED) is 0.214. The monoisotopic (exact) mass is 451 g/mol. The lowest BCUT2D eigenvalue weighted by Gasteiger charge is -2.06. The predicted octanol–water partition coefficient (Wildman–Crippen LogP) is 7.02. The Kier molecular flexibility index (Phi) is 4.23. The number of benzene rings is 3.